The topological polar surface area (TPSA) is 20.3 Å². The highest BCUT2D eigenvalue weighted by Crippen LogP contribution is 2.16. The lowest BCUT2D eigenvalue weighted by Gasteiger charge is -2.30. The van der Waals surface area contributed by atoms with E-state index in [1.54, 1.807) is 0 Å². The molecule has 2 nitrogen and oxygen atoms in total. The van der Waals surface area contributed by atoms with Crippen LogP contribution in [-0.2, 0) is 4.79 Å². The maximum Gasteiger partial charge on any atom is 0.138 e. The zero-order chi connectivity index (χ0) is 9.68. The number of hydrogen-bond acceptors (Lipinski definition) is 2. The minimum Gasteiger partial charge on any atom is -0.299 e. The smallest absolute Gasteiger partial charge is 0.138 e. The molecular weight excluding hydrogens is 162 g/mol. The molecule has 13 heavy (non-hydrogen) atoms. The van der Waals surface area contributed by atoms with E-state index in [4.69, 9.17) is 0 Å². The predicted molar refractivity (Wildman–Crippen MR) is 54.6 cm³/mol. The van der Waals surface area contributed by atoms with Gasteiger partial charge in [0.15, 0.2) is 0 Å². The van der Waals surface area contributed by atoms with Crippen molar-refractivity contribution >= 4 is 5.78 Å². The Morgan fingerprint density at radius 3 is 2.85 bits per heavy atom. The molecule has 0 N–H and O–H groups in total. The molecule has 0 saturated carbocycles. The van der Waals surface area contributed by atoms with Gasteiger partial charge in [-0.2, -0.15) is 0 Å². The van der Waals surface area contributed by atoms with E-state index < -0.39 is 0 Å². The molecule has 0 spiro atoms. The first-order valence-electron chi connectivity index (χ1n) is 4.74. The van der Waals surface area contributed by atoms with Crippen molar-refractivity contribution in [1.29, 1.82) is 0 Å². The Kier molecular flexibility index (Phi) is 3.90. The van der Waals surface area contributed by atoms with Crippen LogP contribution >= 0.6 is 0 Å². The van der Waals surface area contributed by atoms with Gasteiger partial charge in [0.1, 0.15) is 5.78 Å². The van der Waals surface area contributed by atoms with Gasteiger partial charge in [0.2, 0.25) is 0 Å². The number of hydrogen-bond donors (Lipinski definition) is 0. The molecule has 1 heterocycles. The number of piperidine rings is 1. The first-order valence-corrected chi connectivity index (χ1v) is 4.74. The number of allylic oxidation sites excluding steroid dienone is 1. The Balaban J connectivity index is 2.46. The third kappa shape index (κ3) is 2.81. The molecule has 0 aromatic carbocycles. The van der Waals surface area contributed by atoms with E-state index in [2.05, 4.69) is 18.1 Å². The fourth-order valence-electron chi connectivity index (χ4n) is 1.73. The second-order valence-corrected chi connectivity index (χ2v) is 3.49. The van der Waals surface area contributed by atoms with E-state index in [1.807, 2.05) is 12.2 Å². The number of likely N-dealkylation sites (tertiary alicyclic amines) is 1. The molecule has 0 aliphatic carbocycles. The number of nitrogens with zero attached hydrogens (tertiary/aromatic N) is 1. The van der Waals surface area contributed by atoms with E-state index in [9.17, 15) is 4.79 Å². The van der Waals surface area contributed by atoms with Gasteiger partial charge < -0.3 is 0 Å². The highest BCUT2D eigenvalue weighted by atomic mass is 16.1. The quantitative estimate of drug-likeness (QED) is 0.611. The van der Waals surface area contributed by atoms with Crippen LogP contribution in [-0.4, -0.2) is 30.3 Å². The van der Waals surface area contributed by atoms with Crippen molar-refractivity contribution in [1.82, 2.24) is 4.90 Å². The van der Waals surface area contributed by atoms with E-state index in [-0.39, 0.29) is 5.92 Å². The zero-order valence-electron chi connectivity index (χ0n) is 8.04. The zero-order valence-corrected chi connectivity index (χ0v) is 8.04. The summed E-state index contributed by atoms with van der Waals surface area (Å²) in [4.78, 5) is 13.7. The van der Waals surface area contributed by atoms with E-state index in [1.165, 1.54) is 0 Å². The summed E-state index contributed by atoms with van der Waals surface area (Å²) in [6.07, 6.45) is 5.22. The van der Waals surface area contributed by atoms with Gasteiger partial charge in [-0.3, -0.25) is 9.69 Å². The number of carbonyl (C=O) groups excluding carboxylic acids is 1. The van der Waals surface area contributed by atoms with Gasteiger partial charge in [0.05, 0.1) is 0 Å². The molecular formula is C11H17NO. The Morgan fingerprint density at radius 1 is 1.46 bits per heavy atom. The SMILES string of the molecule is C=CCC1CN(CC=C)CCC1=O. The molecule has 2 heteroatoms. The maximum atomic E-state index is 11.4. The molecule has 1 fully saturated rings. The first-order chi connectivity index (χ1) is 6.27. The van der Waals surface area contributed by atoms with Gasteiger partial charge in [0, 0.05) is 32.0 Å². The minimum absolute atomic E-state index is 0.172. The molecule has 0 amide bonds. The summed E-state index contributed by atoms with van der Waals surface area (Å²) in [6, 6.07) is 0. The summed E-state index contributed by atoms with van der Waals surface area (Å²) in [5.74, 6) is 0.561. The first kappa shape index (κ1) is 10.2. The van der Waals surface area contributed by atoms with Crippen LogP contribution in [0, 0.1) is 5.92 Å². The molecule has 1 saturated heterocycles. The second-order valence-electron chi connectivity index (χ2n) is 3.49. The molecule has 72 valence electrons. The second kappa shape index (κ2) is 4.97. The summed E-state index contributed by atoms with van der Waals surface area (Å²) < 4.78 is 0. The molecule has 0 bridgehead atoms. The van der Waals surface area contributed by atoms with Crippen LogP contribution in [0.3, 0.4) is 0 Å². The Hall–Kier alpha value is -0.890. The van der Waals surface area contributed by atoms with Crippen molar-refractivity contribution in [3.8, 4) is 0 Å². The molecule has 1 unspecified atom stereocenters. The van der Waals surface area contributed by atoms with Crippen LogP contribution in [0.5, 0.6) is 0 Å². The molecule has 0 aromatic rings. The molecule has 0 radical (unpaired) electrons. The van der Waals surface area contributed by atoms with Gasteiger partial charge >= 0.3 is 0 Å². The largest absolute Gasteiger partial charge is 0.299 e. The standard InChI is InChI=1S/C11H17NO/c1-3-5-10-9-12(7-4-2)8-6-11(10)13/h3-4,10H,1-2,5-9H2. The Morgan fingerprint density at radius 2 is 2.23 bits per heavy atom. The van der Waals surface area contributed by atoms with Crippen molar-refractivity contribution in [3.05, 3.63) is 25.3 Å². The summed E-state index contributed by atoms with van der Waals surface area (Å²) in [6.45, 7) is 10.0. The van der Waals surface area contributed by atoms with Gasteiger partial charge in [-0.1, -0.05) is 12.2 Å². The Labute approximate surface area is 79.9 Å². The van der Waals surface area contributed by atoms with Crippen molar-refractivity contribution < 1.29 is 4.79 Å². The monoisotopic (exact) mass is 179 g/mol. The summed E-state index contributed by atoms with van der Waals surface area (Å²) in [5.41, 5.74) is 0. The predicted octanol–water partition coefficient (Wildman–Crippen LogP) is 1.64. The van der Waals surface area contributed by atoms with Crippen LogP contribution < -0.4 is 0 Å². The van der Waals surface area contributed by atoms with Crippen LogP contribution in [0.4, 0.5) is 0 Å². The van der Waals surface area contributed by atoms with Crippen molar-refractivity contribution in [2.45, 2.75) is 12.8 Å². The number of Topliss-reactive ketones (excluding diaryl/α,β-unsaturated/α-hetero) is 1. The average molecular weight is 179 g/mol. The van der Waals surface area contributed by atoms with Gasteiger partial charge in [-0.05, 0) is 6.42 Å². The normalized spacial score (nSPS) is 24.3. The average Bonchev–Trinajstić information content (AvgIpc) is 2.12. The van der Waals surface area contributed by atoms with Crippen LogP contribution in [0.25, 0.3) is 0 Å². The van der Waals surface area contributed by atoms with E-state index in [0.29, 0.717) is 12.2 Å². The van der Waals surface area contributed by atoms with Crippen molar-refractivity contribution in [2.75, 3.05) is 19.6 Å². The van der Waals surface area contributed by atoms with Crippen molar-refractivity contribution in [2.24, 2.45) is 5.92 Å². The van der Waals surface area contributed by atoms with Crippen LogP contribution in [0.1, 0.15) is 12.8 Å². The number of rotatable bonds is 4. The third-order valence-corrected chi connectivity index (χ3v) is 2.45. The highest BCUT2D eigenvalue weighted by molar-refractivity contribution is 5.82. The molecule has 1 aliphatic heterocycles. The molecule has 1 aliphatic rings. The third-order valence-electron chi connectivity index (χ3n) is 2.45. The summed E-state index contributed by atoms with van der Waals surface area (Å²) in [7, 11) is 0. The lowest BCUT2D eigenvalue weighted by molar-refractivity contribution is -0.125. The fourth-order valence-corrected chi connectivity index (χ4v) is 1.73. The minimum atomic E-state index is 0.172. The summed E-state index contributed by atoms with van der Waals surface area (Å²) in [5, 5.41) is 0. The highest BCUT2D eigenvalue weighted by Gasteiger charge is 2.24. The van der Waals surface area contributed by atoms with Crippen molar-refractivity contribution in [3.63, 3.8) is 0 Å². The maximum absolute atomic E-state index is 11.4. The van der Waals surface area contributed by atoms with E-state index in [0.717, 1.165) is 26.1 Å². The van der Waals surface area contributed by atoms with Gasteiger partial charge in [-0.25, -0.2) is 0 Å². The van der Waals surface area contributed by atoms with Crippen LogP contribution in [0.15, 0.2) is 25.3 Å². The fraction of sp³-hybridized carbons (Fsp3) is 0.545. The molecule has 1 rings (SSSR count). The lowest BCUT2D eigenvalue weighted by Crippen LogP contribution is -2.40. The van der Waals surface area contributed by atoms with Gasteiger partial charge in [-0.15, -0.1) is 13.2 Å². The molecule has 1 atom stereocenters. The van der Waals surface area contributed by atoms with Gasteiger partial charge in [0.25, 0.3) is 0 Å². The van der Waals surface area contributed by atoms with Crippen LogP contribution in [0.2, 0.25) is 0 Å². The summed E-state index contributed by atoms with van der Waals surface area (Å²) >= 11 is 0. The van der Waals surface area contributed by atoms with E-state index >= 15 is 0 Å². The Bertz CT molecular complexity index is 210. The number of ketones is 1. The molecule has 0 aromatic heterocycles. The number of carbonyl (C=O) groups is 1. The lowest BCUT2D eigenvalue weighted by atomic mass is 9.93.